The molecule has 3 heterocycles. The van der Waals surface area contributed by atoms with E-state index in [1.165, 1.54) is 0 Å². The minimum Gasteiger partial charge on any atom is -0.368 e. The van der Waals surface area contributed by atoms with Crippen molar-refractivity contribution < 1.29 is 0 Å². The zero-order chi connectivity index (χ0) is 16.6. The minimum absolute atomic E-state index is 0.592. The molecule has 0 aliphatic carbocycles. The van der Waals surface area contributed by atoms with Crippen LogP contribution >= 0.6 is 0 Å². The average molecular weight is 311 g/mol. The van der Waals surface area contributed by atoms with Crippen LogP contribution < -0.4 is 5.73 Å². The molecule has 0 fully saturated rings. The third-order valence-electron chi connectivity index (χ3n) is 2.93. The number of nitrogens with two attached hydrogens (primary N) is 1. The summed E-state index contributed by atoms with van der Waals surface area (Å²) in [6.45, 7) is 2.63. The van der Waals surface area contributed by atoms with Crippen LogP contribution in [0.2, 0.25) is 0 Å². The molecule has 0 aliphatic heterocycles. The molecule has 5 nitrogen and oxygen atoms in total. The standard InChI is InChI=1S/C7H12N2.C7H8N2.C4H5N/c2*8-4-3-7-9-5-1-2-6-9;1-2-4-5-3-1/h1-2,5-6H,3-4,7-8H2;1-2,5-6H,3,7H2;1-5H. The van der Waals surface area contributed by atoms with Crippen molar-refractivity contribution in [3.63, 3.8) is 0 Å². The Balaban J connectivity index is 0.000000180. The van der Waals surface area contributed by atoms with E-state index >= 15 is 0 Å². The van der Waals surface area contributed by atoms with Gasteiger partial charge in [0.05, 0.1) is 12.5 Å². The zero-order valence-electron chi connectivity index (χ0n) is 13.4. The molecule has 0 saturated heterocycles. The summed E-state index contributed by atoms with van der Waals surface area (Å²) in [4.78, 5) is 2.86. The van der Waals surface area contributed by atoms with Gasteiger partial charge in [-0.2, -0.15) is 5.26 Å². The highest BCUT2D eigenvalue weighted by atomic mass is 14.9. The summed E-state index contributed by atoms with van der Waals surface area (Å²) in [5.74, 6) is 0. The second-order valence-corrected chi connectivity index (χ2v) is 4.78. The Bertz CT molecular complexity index is 571. The Morgan fingerprint density at radius 1 is 0.826 bits per heavy atom. The number of hydrogen-bond acceptors (Lipinski definition) is 2. The van der Waals surface area contributed by atoms with Crippen LogP contribution in [0.25, 0.3) is 0 Å². The largest absolute Gasteiger partial charge is 0.368 e. The van der Waals surface area contributed by atoms with Crippen molar-refractivity contribution in [3.05, 3.63) is 73.6 Å². The predicted octanol–water partition coefficient (Wildman–Crippen LogP) is 3.25. The maximum Gasteiger partial charge on any atom is 0.0640 e. The fourth-order valence-electron chi connectivity index (χ4n) is 1.77. The molecule has 3 rings (SSSR count). The average Bonchev–Trinajstić information content (AvgIpc) is 3.36. The lowest BCUT2D eigenvalue weighted by atomic mass is 10.4. The van der Waals surface area contributed by atoms with E-state index in [4.69, 9.17) is 11.0 Å². The van der Waals surface area contributed by atoms with Crippen LogP contribution in [-0.4, -0.2) is 20.7 Å². The van der Waals surface area contributed by atoms with Crippen LogP contribution in [0.4, 0.5) is 0 Å². The lowest BCUT2D eigenvalue weighted by Gasteiger charge is -1.97. The van der Waals surface area contributed by atoms with E-state index in [0.717, 1.165) is 26.1 Å². The van der Waals surface area contributed by atoms with Gasteiger partial charge in [0.2, 0.25) is 0 Å². The number of rotatable bonds is 5. The minimum atomic E-state index is 0.592. The van der Waals surface area contributed by atoms with Gasteiger partial charge in [-0.3, -0.25) is 0 Å². The monoisotopic (exact) mass is 311 g/mol. The Kier molecular flexibility index (Phi) is 10.4. The molecule has 0 saturated carbocycles. The van der Waals surface area contributed by atoms with Gasteiger partial charge in [-0.05, 0) is 49.4 Å². The van der Waals surface area contributed by atoms with Gasteiger partial charge >= 0.3 is 0 Å². The van der Waals surface area contributed by atoms with Crippen molar-refractivity contribution in [3.8, 4) is 6.07 Å². The molecule has 3 aromatic heterocycles. The topological polar surface area (TPSA) is 75.5 Å². The van der Waals surface area contributed by atoms with Crippen molar-refractivity contribution >= 4 is 0 Å². The fraction of sp³-hybridized carbons (Fsp3) is 0.278. The molecule has 3 N–H and O–H groups in total. The van der Waals surface area contributed by atoms with E-state index in [1.807, 2.05) is 65.8 Å². The van der Waals surface area contributed by atoms with Gasteiger partial charge in [0.1, 0.15) is 0 Å². The van der Waals surface area contributed by atoms with Gasteiger partial charge in [0.15, 0.2) is 0 Å². The first-order valence-electron chi connectivity index (χ1n) is 7.73. The predicted molar refractivity (Wildman–Crippen MR) is 93.6 cm³/mol. The van der Waals surface area contributed by atoms with E-state index in [0.29, 0.717) is 6.42 Å². The highest BCUT2D eigenvalue weighted by Gasteiger charge is 1.85. The molecule has 0 radical (unpaired) electrons. The summed E-state index contributed by atoms with van der Waals surface area (Å²) in [7, 11) is 0. The van der Waals surface area contributed by atoms with Crippen LogP contribution in [0.3, 0.4) is 0 Å². The van der Waals surface area contributed by atoms with Gasteiger partial charge < -0.3 is 19.9 Å². The molecule has 5 heteroatoms. The quantitative estimate of drug-likeness (QED) is 0.759. The van der Waals surface area contributed by atoms with Crippen molar-refractivity contribution in [2.24, 2.45) is 5.73 Å². The summed E-state index contributed by atoms with van der Waals surface area (Å²) in [5.41, 5.74) is 5.33. The van der Waals surface area contributed by atoms with Crippen LogP contribution in [0.1, 0.15) is 12.8 Å². The number of nitrogens with zero attached hydrogens (tertiary/aromatic N) is 3. The molecular formula is C18H25N5. The first kappa shape index (κ1) is 18.3. The second kappa shape index (κ2) is 13.0. The van der Waals surface area contributed by atoms with Gasteiger partial charge in [-0.1, -0.05) is 0 Å². The number of nitriles is 1. The summed E-state index contributed by atoms with van der Waals surface area (Å²) >= 11 is 0. The molecule has 0 aromatic carbocycles. The summed E-state index contributed by atoms with van der Waals surface area (Å²) in [6.07, 6.45) is 13.4. The van der Waals surface area contributed by atoms with Gasteiger partial charge in [0.25, 0.3) is 0 Å². The van der Waals surface area contributed by atoms with E-state index in [1.54, 1.807) is 0 Å². The Morgan fingerprint density at radius 3 is 1.74 bits per heavy atom. The summed E-state index contributed by atoms with van der Waals surface area (Å²) < 4.78 is 4.12. The smallest absolute Gasteiger partial charge is 0.0640 e. The lowest BCUT2D eigenvalue weighted by Crippen LogP contribution is -2.03. The molecule has 0 unspecified atom stereocenters. The van der Waals surface area contributed by atoms with Gasteiger partial charge in [0, 0.05) is 50.3 Å². The number of nitrogens with one attached hydrogen (secondary N) is 1. The first-order valence-corrected chi connectivity index (χ1v) is 7.73. The second-order valence-electron chi connectivity index (χ2n) is 4.78. The normalized spacial score (nSPS) is 9.04. The van der Waals surface area contributed by atoms with E-state index in [9.17, 15) is 0 Å². The Hall–Kier alpha value is -2.71. The summed E-state index contributed by atoms with van der Waals surface area (Å²) in [6, 6.07) is 13.9. The van der Waals surface area contributed by atoms with Crippen molar-refractivity contribution in [2.75, 3.05) is 6.54 Å². The van der Waals surface area contributed by atoms with Gasteiger partial charge in [-0.15, -0.1) is 0 Å². The first-order chi connectivity index (χ1) is 11.4. The highest BCUT2D eigenvalue weighted by Crippen LogP contribution is 1.91. The number of H-pyrrole nitrogens is 1. The number of aromatic nitrogens is 3. The molecule has 0 bridgehead atoms. The van der Waals surface area contributed by atoms with Crippen molar-refractivity contribution in [2.45, 2.75) is 25.9 Å². The number of aromatic amines is 1. The molecule has 122 valence electrons. The van der Waals surface area contributed by atoms with Crippen molar-refractivity contribution in [1.29, 1.82) is 5.26 Å². The molecular weight excluding hydrogens is 286 g/mol. The third kappa shape index (κ3) is 9.77. The van der Waals surface area contributed by atoms with Crippen LogP contribution in [0.15, 0.2) is 73.6 Å². The molecule has 0 aliphatic rings. The third-order valence-corrected chi connectivity index (χ3v) is 2.93. The Morgan fingerprint density at radius 2 is 1.35 bits per heavy atom. The van der Waals surface area contributed by atoms with Crippen LogP contribution in [0, 0.1) is 11.3 Å². The van der Waals surface area contributed by atoms with E-state index in [-0.39, 0.29) is 0 Å². The van der Waals surface area contributed by atoms with E-state index < -0.39 is 0 Å². The zero-order valence-corrected chi connectivity index (χ0v) is 13.4. The molecule has 0 amide bonds. The number of hydrogen-bond donors (Lipinski definition) is 2. The maximum atomic E-state index is 8.20. The van der Waals surface area contributed by atoms with Gasteiger partial charge in [-0.25, -0.2) is 0 Å². The maximum absolute atomic E-state index is 8.20. The van der Waals surface area contributed by atoms with E-state index in [2.05, 4.69) is 28.0 Å². The number of aryl methyl sites for hydroxylation is 2. The molecule has 3 aromatic rings. The van der Waals surface area contributed by atoms with Crippen LogP contribution in [-0.2, 0) is 13.1 Å². The lowest BCUT2D eigenvalue weighted by molar-refractivity contribution is 0.654. The van der Waals surface area contributed by atoms with Crippen molar-refractivity contribution in [1.82, 2.24) is 14.1 Å². The molecule has 0 spiro atoms. The SMILES string of the molecule is N#CCCn1cccc1.NCCCn1cccc1.c1cc[nH]c1. The molecule has 0 atom stereocenters. The molecule has 23 heavy (non-hydrogen) atoms. The highest BCUT2D eigenvalue weighted by molar-refractivity contribution is 4.91. The Labute approximate surface area is 138 Å². The van der Waals surface area contributed by atoms with Crippen LogP contribution in [0.5, 0.6) is 0 Å². The fourth-order valence-corrected chi connectivity index (χ4v) is 1.77. The summed E-state index contributed by atoms with van der Waals surface area (Å²) in [5, 5.41) is 8.20.